The van der Waals surface area contributed by atoms with Gasteiger partial charge in [-0.05, 0) is 43.1 Å². The average molecular weight is 651 g/mol. The van der Waals surface area contributed by atoms with Crippen molar-refractivity contribution in [1.29, 1.82) is 0 Å². The number of carbonyl (C=O) groups is 3. The van der Waals surface area contributed by atoms with Gasteiger partial charge in [-0.1, -0.05) is 80.2 Å². The van der Waals surface area contributed by atoms with Crippen molar-refractivity contribution in [3.05, 3.63) is 102 Å². The predicted molar refractivity (Wildman–Crippen MR) is 192 cm³/mol. The molecule has 1 aliphatic carbocycles. The summed E-state index contributed by atoms with van der Waals surface area (Å²) in [5.74, 6) is 0.522. The van der Waals surface area contributed by atoms with Crippen LogP contribution in [-0.2, 0) is 27.3 Å². The van der Waals surface area contributed by atoms with Gasteiger partial charge in [-0.25, -0.2) is 9.97 Å². The summed E-state index contributed by atoms with van der Waals surface area (Å²) in [7, 11) is 0. The molecule has 1 aliphatic rings. The molecule has 0 bridgehead atoms. The zero-order valence-corrected chi connectivity index (χ0v) is 27.6. The third kappa shape index (κ3) is 10.8. The smallest absolute Gasteiger partial charge is 0.239 e. The van der Waals surface area contributed by atoms with Crippen molar-refractivity contribution in [2.75, 3.05) is 25.4 Å². The van der Waals surface area contributed by atoms with E-state index in [2.05, 4.69) is 38.5 Å². The van der Waals surface area contributed by atoms with E-state index >= 15 is 0 Å². The summed E-state index contributed by atoms with van der Waals surface area (Å²) < 4.78 is 2.25. The molecule has 0 saturated heterocycles. The first-order valence-electron chi connectivity index (χ1n) is 16.5. The number of nitrogen functional groups attached to an aromatic ring is 1. The lowest BCUT2D eigenvalue weighted by Gasteiger charge is -2.11. The van der Waals surface area contributed by atoms with E-state index in [1.54, 1.807) is 12.2 Å². The number of anilines is 1. The van der Waals surface area contributed by atoms with E-state index in [0.29, 0.717) is 18.1 Å². The van der Waals surface area contributed by atoms with Crippen LogP contribution < -0.4 is 27.4 Å². The molecule has 0 unspecified atom stereocenters. The first kappa shape index (κ1) is 35.4. The fraction of sp³-hybridized carbons (Fsp3) is 0.324. The van der Waals surface area contributed by atoms with Crippen LogP contribution in [0.5, 0.6) is 0 Å². The van der Waals surface area contributed by atoms with Crippen LogP contribution in [0.4, 0.5) is 5.82 Å². The number of nitrogens with zero attached hydrogens (tertiary/aromatic N) is 3. The van der Waals surface area contributed by atoms with Gasteiger partial charge < -0.3 is 32.0 Å². The van der Waals surface area contributed by atoms with Crippen molar-refractivity contribution in [2.24, 2.45) is 5.73 Å². The largest absolute Gasteiger partial charge is 0.399 e. The van der Waals surface area contributed by atoms with Crippen LogP contribution in [0.25, 0.3) is 21.9 Å². The van der Waals surface area contributed by atoms with Crippen LogP contribution in [0.2, 0.25) is 0 Å². The zero-order valence-electron chi connectivity index (χ0n) is 27.6. The number of hydrogen-bond acceptors (Lipinski definition) is 7. The Morgan fingerprint density at radius 1 is 0.812 bits per heavy atom. The first-order valence-corrected chi connectivity index (χ1v) is 16.5. The number of nitrogens with one attached hydrogen (secondary N) is 3. The molecule has 0 saturated carbocycles. The number of carbonyl (C=O) groups excluding carboxylic acids is 3. The van der Waals surface area contributed by atoms with Gasteiger partial charge in [0.05, 0.1) is 17.6 Å². The molecule has 0 aliphatic heterocycles. The lowest BCUT2D eigenvalue weighted by molar-refractivity contribution is -0.128. The highest BCUT2D eigenvalue weighted by Crippen LogP contribution is 2.29. The molecule has 3 aromatic rings. The molecule has 0 spiro atoms. The number of unbranched alkanes of at least 4 members (excludes halogenated alkanes) is 2. The van der Waals surface area contributed by atoms with Gasteiger partial charge in [0.1, 0.15) is 11.3 Å². The molecule has 252 valence electrons. The molecule has 3 amide bonds. The van der Waals surface area contributed by atoms with E-state index in [1.165, 1.54) is 0 Å². The Hall–Kier alpha value is -5.45. The molecule has 1 aromatic carbocycles. The highest BCUT2D eigenvalue weighted by molar-refractivity contribution is 6.06. The maximum Gasteiger partial charge on any atom is 0.239 e. The third-order valence-corrected chi connectivity index (χ3v) is 7.71. The second-order valence-electron chi connectivity index (χ2n) is 11.5. The Balaban J connectivity index is 1.17. The molecule has 2 heterocycles. The second kappa shape index (κ2) is 18.6. The zero-order chi connectivity index (χ0) is 34.1. The minimum atomic E-state index is -0.366. The Bertz CT molecular complexity index is 1780. The number of amides is 3. The Labute approximate surface area is 281 Å². The van der Waals surface area contributed by atoms with E-state index in [-0.39, 0.29) is 43.7 Å². The van der Waals surface area contributed by atoms with Gasteiger partial charge >= 0.3 is 0 Å². The quantitative estimate of drug-likeness (QED) is 0.152. The molecule has 11 nitrogen and oxygen atoms in total. The lowest BCUT2D eigenvalue weighted by atomic mass is 10.1. The minimum absolute atomic E-state index is 0.00697. The van der Waals surface area contributed by atoms with Crippen molar-refractivity contribution in [1.82, 2.24) is 30.5 Å². The Morgan fingerprint density at radius 2 is 1.54 bits per heavy atom. The molecule has 0 radical (unpaired) electrons. The molecule has 4 rings (SSSR count). The van der Waals surface area contributed by atoms with Gasteiger partial charge in [-0.15, -0.1) is 0 Å². The lowest BCUT2D eigenvalue weighted by Crippen LogP contribution is -2.38. The number of rotatable bonds is 15. The van der Waals surface area contributed by atoms with Crippen molar-refractivity contribution in [2.45, 2.75) is 58.4 Å². The second-order valence-corrected chi connectivity index (χ2v) is 11.5. The van der Waals surface area contributed by atoms with Gasteiger partial charge in [-0.2, -0.15) is 0 Å². The van der Waals surface area contributed by atoms with E-state index in [4.69, 9.17) is 16.5 Å². The van der Waals surface area contributed by atoms with Gasteiger partial charge in [0, 0.05) is 50.0 Å². The van der Waals surface area contributed by atoms with Crippen LogP contribution in [-0.4, -0.2) is 51.9 Å². The molecule has 2 aromatic heterocycles. The maximum atomic E-state index is 12.4. The van der Waals surface area contributed by atoms with Gasteiger partial charge in [0.25, 0.3) is 0 Å². The maximum absolute atomic E-state index is 12.4. The number of aromatic nitrogens is 3. The molecular weight excluding hydrogens is 604 g/mol. The molecule has 11 heteroatoms. The Kier molecular flexibility index (Phi) is 13.7. The number of pyridine rings is 1. The van der Waals surface area contributed by atoms with E-state index < -0.39 is 0 Å². The van der Waals surface area contributed by atoms with Gasteiger partial charge in [-0.3, -0.25) is 14.4 Å². The summed E-state index contributed by atoms with van der Waals surface area (Å²) >= 11 is 0. The monoisotopic (exact) mass is 650 g/mol. The van der Waals surface area contributed by atoms with E-state index in [1.807, 2.05) is 66.8 Å². The fourth-order valence-electron chi connectivity index (χ4n) is 5.23. The normalized spacial score (nSPS) is 17.9. The van der Waals surface area contributed by atoms with Crippen molar-refractivity contribution >= 4 is 45.5 Å². The summed E-state index contributed by atoms with van der Waals surface area (Å²) in [5.41, 5.74) is 16.3. The molecule has 0 atom stereocenters. The highest BCUT2D eigenvalue weighted by Gasteiger charge is 2.17. The molecule has 48 heavy (non-hydrogen) atoms. The van der Waals surface area contributed by atoms with E-state index in [0.717, 1.165) is 72.0 Å². The average Bonchev–Trinajstić information content (AvgIpc) is 3.45. The molecular formula is C37H46N8O3. The fourth-order valence-corrected chi connectivity index (χ4v) is 5.23. The Morgan fingerprint density at radius 3 is 2.33 bits per heavy atom. The van der Waals surface area contributed by atoms with Gasteiger partial charge in [0.2, 0.25) is 17.7 Å². The van der Waals surface area contributed by atoms with Crippen molar-refractivity contribution in [3.63, 3.8) is 0 Å². The number of aryl methyl sites for hydroxylation is 2. The standard InChI is InChI=1S/C37H46N8O3/c1-2-3-19-31-44-35-36(29-17-11-12-18-30(29)43-37(35)39)45(31)23-14-13-22-40-32(46)20-21-33(47)42-26-34(48)41-25-27-15-9-7-5-4-6-8-10-16-28(38)24-27/h4-12,15-18,24H,2-3,13-14,19-23,25-26,38H2,1H3,(H2,39,43)(H,40,46)(H,41,48)(H,42,47)/b5-4-,6-4?,7-5?,8-6-,9-7-,10-8?,15-9?,16-10-,27-15+,27-24?,28-16?,28-24+. The number of fused-ring (bicyclic) bond motifs is 3. The number of allylic oxidation sites excluding steroid dienone is 9. The summed E-state index contributed by atoms with van der Waals surface area (Å²) in [5, 5.41) is 9.29. The predicted octanol–water partition coefficient (Wildman–Crippen LogP) is 4.43. The number of nitrogens with two attached hydrogens (primary N) is 2. The molecule has 7 N–H and O–H groups in total. The first-order chi connectivity index (χ1) is 23.4. The summed E-state index contributed by atoms with van der Waals surface area (Å²) in [6.45, 7) is 3.46. The van der Waals surface area contributed by atoms with Crippen LogP contribution in [0.1, 0.15) is 51.3 Å². The van der Waals surface area contributed by atoms with Crippen LogP contribution in [0, 0.1) is 0 Å². The summed E-state index contributed by atoms with van der Waals surface area (Å²) in [6, 6.07) is 7.96. The van der Waals surface area contributed by atoms with Crippen molar-refractivity contribution in [3.8, 4) is 0 Å². The topological polar surface area (TPSA) is 170 Å². The number of para-hydroxylation sites is 1. The highest BCUT2D eigenvalue weighted by atomic mass is 16.2. The summed E-state index contributed by atoms with van der Waals surface area (Å²) in [6.07, 6.45) is 23.1. The van der Waals surface area contributed by atoms with Crippen molar-refractivity contribution < 1.29 is 14.4 Å². The van der Waals surface area contributed by atoms with Gasteiger partial charge in [0.15, 0.2) is 5.82 Å². The third-order valence-electron chi connectivity index (χ3n) is 7.71. The number of imidazole rings is 1. The SMILES string of the molecule is CCCCc1nc2c(N)nc3ccccc3c2n1CCCCNC(=O)CCC(=O)NCC(=O)NCC1=C/C=C\C=C/C=C\C=C/C(N)=C\1. The number of hydrogen-bond donors (Lipinski definition) is 5. The van der Waals surface area contributed by atoms with Crippen LogP contribution in [0.3, 0.4) is 0 Å². The van der Waals surface area contributed by atoms with Crippen LogP contribution >= 0.6 is 0 Å². The molecule has 0 fully saturated rings. The minimum Gasteiger partial charge on any atom is -0.399 e. The van der Waals surface area contributed by atoms with E-state index in [9.17, 15) is 14.4 Å². The summed E-state index contributed by atoms with van der Waals surface area (Å²) in [4.78, 5) is 46.5. The van der Waals surface area contributed by atoms with Crippen LogP contribution in [0.15, 0.2) is 96.3 Å². The number of benzene rings is 1.